The smallest absolute Gasteiger partial charge is 0.350 e. The van der Waals surface area contributed by atoms with Gasteiger partial charge in [-0.1, -0.05) is 17.4 Å². The van der Waals surface area contributed by atoms with Crippen LogP contribution in [-0.4, -0.2) is 28.9 Å². The van der Waals surface area contributed by atoms with Crippen molar-refractivity contribution in [3.8, 4) is 5.75 Å². The van der Waals surface area contributed by atoms with Crippen molar-refractivity contribution in [3.05, 3.63) is 57.1 Å². The van der Waals surface area contributed by atoms with E-state index in [1.54, 1.807) is 11.4 Å². The average Bonchev–Trinajstić information content (AvgIpc) is 3.25. The monoisotopic (exact) mass is 446 g/mol. The number of aromatic amines is 1. The maximum atomic E-state index is 12.5. The molecule has 2 aromatic heterocycles. The molecule has 2 heterocycles. The molecule has 0 fully saturated rings. The zero-order valence-corrected chi connectivity index (χ0v) is 17.3. The van der Waals surface area contributed by atoms with Gasteiger partial charge in [0.2, 0.25) is 0 Å². The average molecular weight is 447 g/mol. The number of nitrogens with one attached hydrogen (secondary N) is 1. The summed E-state index contributed by atoms with van der Waals surface area (Å²) >= 11 is 1.64. The Morgan fingerprint density at radius 1 is 1.07 bits per heavy atom. The predicted octanol–water partition coefficient (Wildman–Crippen LogP) is 2.40. The summed E-state index contributed by atoms with van der Waals surface area (Å²) in [6.07, 6.45) is 0. The first-order chi connectivity index (χ1) is 12.6. The maximum absolute atomic E-state index is 12.5. The zero-order valence-electron chi connectivity index (χ0n) is 14.1. The molecule has 0 saturated heterocycles. The number of aromatic nitrogens is 1. The van der Waals surface area contributed by atoms with Crippen molar-refractivity contribution < 1.29 is 21.0 Å². The Morgan fingerprint density at radius 2 is 1.74 bits per heavy atom. The number of rotatable bonds is 6. The fourth-order valence-electron chi connectivity index (χ4n) is 2.19. The van der Waals surface area contributed by atoms with Crippen LogP contribution < -0.4 is 13.4 Å². The third-order valence-electron chi connectivity index (χ3n) is 3.52. The largest absolute Gasteiger partial charge is 0.378 e. The highest BCUT2D eigenvalue weighted by Crippen LogP contribution is 2.28. The van der Waals surface area contributed by atoms with Gasteiger partial charge in [-0.2, -0.15) is 8.42 Å². The van der Waals surface area contributed by atoms with Crippen molar-refractivity contribution in [2.75, 3.05) is 11.4 Å². The second-order valence-corrected chi connectivity index (χ2v) is 11.2. The normalized spacial score (nSPS) is 12.1. The van der Waals surface area contributed by atoms with E-state index in [-0.39, 0.29) is 19.9 Å². The standard InChI is InChI=1S/C15H14N2O6S4/c1-10-14(25-15(18)16-10)27(21,22)23-12-7-5-11(6-8-12)17(2)26(19,20)13-4-3-9-24-13/h3-9H,1-2H3,(H,16,18). The minimum Gasteiger partial charge on any atom is -0.378 e. The third-order valence-corrected chi connectivity index (χ3v) is 9.50. The summed E-state index contributed by atoms with van der Waals surface area (Å²) in [5.41, 5.74) is 0.541. The molecule has 8 nitrogen and oxygen atoms in total. The van der Waals surface area contributed by atoms with Gasteiger partial charge < -0.3 is 9.17 Å². The zero-order chi connectivity index (χ0) is 19.8. The minimum absolute atomic E-state index is 0.000852. The van der Waals surface area contributed by atoms with Gasteiger partial charge in [-0.05, 0) is 42.6 Å². The number of aryl methyl sites for hydroxylation is 1. The van der Waals surface area contributed by atoms with Gasteiger partial charge >= 0.3 is 15.0 Å². The molecule has 1 N–H and O–H groups in total. The van der Waals surface area contributed by atoms with E-state index in [2.05, 4.69) is 4.98 Å². The first-order valence-corrected chi connectivity index (χ1v) is 11.9. The number of anilines is 1. The lowest BCUT2D eigenvalue weighted by Gasteiger charge is -2.18. The number of H-pyrrole nitrogens is 1. The predicted molar refractivity (Wildman–Crippen MR) is 104 cm³/mol. The Labute approximate surface area is 163 Å². The summed E-state index contributed by atoms with van der Waals surface area (Å²) in [5.74, 6) is 0.000852. The van der Waals surface area contributed by atoms with Crippen molar-refractivity contribution >= 4 is 48.5 Å². The van der Waals surface area contributed by atoms with Crippen molar-refractivity contribution in [2.24, 2.45) is 0 Å². The summed E-state index contributed by atoms with van der Waals surface area (Å²) < 4.78 is 55.7. The summed E-state index contributed by atoms with van der Waals surface area (Å²) in [4.78, 5) is 13.2. The number of sulfonamides is 1. The molecule has 12 heteroatoms. The molecule has 3 rings (SSSR count). The van der Waals surface area contributed by atoms with Gasteiger partial charge in [0.1, 0.15) is 9.96 Å². The second kappa shape index (κ2) is 7.11. The highest BCUT2D eigenvalue weighted by Gasteiger charge is 2.24. The molecule has 3 aromatic rings. The Balaban J connectivity index is 1.84. The Kier molecular flexibility index (Phi) is 5.16. The number of benzene rings is 1. The molecule has 0 spiro atoms. The van der Waals surface area contributed by atoms with Crippen LogP contribution in [0.2, 0.25) is 0 Å². The lowest BCUT2D eigenvalue weighted by atomic mass is 10.3. The van der Waals surface area contributed by atoms with E-state index in [1.807, 2.05) is 0 Å². The Hall–Kier alpha value is -2.15. The van der Waals surface area contributed by atoms with Gasteiger partial charge in [0.25, 0.3) is 10.0 Å². The molecule has 0 saturated carbocycles. The van der Waals surface area contributed by atoms with Crippen LogP contribution in [-0.2, 0) is 20.1 Å². The van der Waals surface area contributed by atoms with Crippen molar-refractivity contribution in [2.45, 2.75) is 15.3 Å². The van der Waals surface area contributed by atoms with Crippen LogP contribution >= 0.6 is 22.7 Å². The third kappa shape index (κ3) is 3.93. The van der Waals surface area contributed by atoms with E-state index < -0.39 is 25.0 Å². The molecule has 144 valence electrons. The van der Waals surface area contributed by atoms with Crippen LogP contribution in [0.1, 0.15) is 5.69 Å². The highest BCUT2D eigenvalue weighted by molar-refractivity contribution is 7.94. The number of hydrogen-bond donors (Lipinski definition) is 1. The molecule has 27 heavy (non-hydrogen) atoms. The minimum atomic E-state index is -4.16. The lowest BCUT2D eigenvalue weighted by molar-refractivity contribution is 0.487. The SMILES string of the molecule is Cc1[nH]c(=O)sc1S(=O)(=O)Oc1ccc(N(C)S(=O)(=O)c2cccs2)cc1. The number of thiazole rings is 1. The van der Waals surface area contributed by atoms with Gasteiger partial charge in [0.05, 0.1) is 5.69 Å². The molecule has 0 aliphatic heterocycles. The molecular formula is C15H14N2O6S4. The first-order valence-electron chi connectivity index (χ1n) is 7.38. The molecule has 0 atom stereocenters. The van der Waals surface area contributed by atoms with Crippen LogP contribution in [0.25, 0.3) is 0 Å². The molecule has 0 unspecified atom stereocenters. The van der Waals surface area contributed by atoms with E-state index in [4.69, 9.17) is 4.18 Å². The van der Waals surface area contributed by atoms with Gasteiger partial charge in [-0.15, -0.1) is 11.3 Å². The van der Waals surface area contributed by atoms with Crippen LogP contribution in [0.3, 0.4) is 0 Å². The fourth-order valence-corrected chi connectivity index (χ4v) is 6.73. The molecule has 0 amide bonds. The van der Waals surface area contributed by atoms with E-state index in [9.17, 15) is 21.6 Å². The Morgan fingerprint density at radius 3 is 2.26 bits per heavy atom. The summed E-state index contributed by atoms with van der Waals surface area (Å²) in [6, 6.07) is 8.71. The molecule has 0 aliphatic rings. The van der Waals surface area contributed by atoms with Crippen molar-refractivity contribution in [1.29, 1.82) is 0 Å². The second-order valence-electron chi connectivity index (χ2n) is 5.36. The number of nitrogens with zero attached hydrogens (tertiary/aromatic N) is 1. The maximum Gasteiger partial charge on any atom is 0.350 e. The van der Waals surface area contributed by atoms with Gasteiger partial charge in [-0.25, -0.2) is 8.42 Å². The van der Waals surface area contributed by atoms with Crippen molar-refractivity contribution in [3.63, 3.8) is 0 Å². The lowest BCUT2D eigenvalue weighted by Crippen LogP contribution is -2.25. The van der Waals surface area contributed by atoms with Gasteiger partial charge in [0, 0.05) is 12.7 Å². The van der Waals surface area contributed by atoms with Crippen LogP contribution in [0.15, 0.2) is 55.0 Å². The van der Waals surface area contributed by atoms with E-state index in [0.29, 0.717) is 17.0 Å². The molecular weight excluding hydrogens is 432 g/mol. The summed E-state index contributed by atoms with van der Waals surface area (Å²) in [7, 11) is -6.44. The highest BCUT2D eigenvalue weighted by atomic mass is 32.3. The van der Waals surface area contributed by atoms with E-state index >= 15 is 0 Å². The van der Waals surface area contributed by atoms with Crippen LogP contribution in [0, 0.1) is 6.92 Å². The number of hydrogen-bond acceptors (Lipinski definition) is 8. The molecule has 0 radical (unpaired) electrons. The van der Waals surface area contributed by atoms with E-state index in [1.165, 1.54) is 44.3 Å². The molecule has 0 aliphatic carbocycles. The quantitative estimate of drug-likeness (QED) is 0.582. The van der Waals surface area contributed by atoms with E-state index in [0.717, 1.165) is 15.6 Å². The van der Waals surface area contributed by atoms with Crippen LogP contribution in [0.5, 0.6) is 5.75 Å². The summed E-state index contributed by atoms with van der Waals surface area (Å²) in [5, 5.41) is 1.67. The first kappa shape index (κ1) is 19.6. The topological polar surface area (TPSA) is 114 Å². The summed E-state index contributed by atoms with van der Waals surface area (Å²) in [6.45, 7) is 1.46. The van der Waals surface area contributed by atoms with Crippen molar-refractivity contribution in [1.82, 2.24) is 4.98 Å². The fraction of sp³-hybridized carbons (Fsp3) is 0.133. The van der Waals surface area contributed by atoms with Gasteiger partial charge in [-0.3, -0.25) is 9.10 Å². The molecule has 1 aromatic carbocycles. The Bertz CT molecular complexity index is 1210. The van der Waals surface area contributed by atoms with Crippen LogP contribution in [0.4, 0.5) is 5.69 Å². The number of thiophene rings is 1. The van der Waals surface area contributed by atoms with Gasteiger partial charge in [0.15, 0.2) is 4.21 Å². The molecule has 0 bridgehead atoms.